The Labute approximate surface area is 133 Å². The van der Waals surface area contributed by atoms with Gasteiger partial charge in [-0.1, -0.05) is 0 Å². The summed E-state index contributed by atoms with van der Waals surface area (Å²) in [5, 5.41) is 2.93. The van der Waals surface area contributed by atoms with Crippen LogP contribution in [-0.4, -0.2) is 35.8 Å². The van der Waals surface area contributed by atoms with Crippen molar-refractivity contribution in [3.05, 3.63) is 59.8 Å². The summed E-state index contributed by atoms with van der Waals surface area (Å²) in [6.07, 6.45) is 2.83. The van der Waals surface area contributed by atoms with Gasteiger partial charge in [0.15, 0.2) is 5.76 Å². The molecule has 0 aliphatic carbocycles. The van der Waals surface area contributed by atoms with Gasteiger partial charge in [-0.3, -0.25) is 9.59 Å². The number of likely N-dealkylation sites (tertiary alicyclic amines) is 1. The molecule has 2 amide bonds. The maximum atomic E-state index is 12.9. The molecule has 3 rings (SSSR count). The lowest BCUT2D eigenvalue weighted by Crippen LogP contribution is -2.46. The lowest BCUT2D eigenvalue weighted by Gasteiger charge is -2.31. The third kappa shape index (κ3) is 3.59. The number of nitrogens with one attached hydrogen (secondary N) is 1. The third-order valence-electron chi connectivity index (χ3n) is 3.96. The van der Waals surface area contributed by atoms with Crippen LogP contribution in [0.15, 0.2) is 47.1 Å². The van der Waals surface area contributed by atoms with Crippen molar-refractivity contribution in [1.29, 1.82) is 0 Å². The minimum atomic E-state index is -0.369. The first-order valence-corrected chi connectivity index (χ1v) is 7.52. The summed E-state index contributed by atoms with van der Waals surface area (Å²) in [6.45, 7) is 1.13. The van der Waals surface area contributed by atoms with E-state index >= 15 is 0 Å². The van der Waals surface area contributed by atoms with Crippen molar-refractivity contribution < 1.29 is 18.4 Å². The summed E-state index contributed by atoms with van der Waals surface area (Å²) in [5.41, 5.74) is 0.431. The number of hydrogen-bond donors (Lipinski definition) is 1. The van der Waals surface area contributed by atoms with Crippen LogP contribution in [-0.2, 0) is 0 Å². The fourth-order valence-corrected chi connectivity index (χ4v) is 2.65. The lowest BCUT2D eigenvalue weighted by atomic mass is 10.0. The second kappa shape index (κ2) is 6.64. The van der Waals surface area contributed by atoms with E-state index in [1.54, 1.807) is 17.0 Å². The van der Waals surface area contributed by atoms with Gasteiger partial charge in [0.2, 0.25) is 0 Å². The second-order valence-electron chi connectivity index (χ2n) is 5.52. The molecule has 1 saturated heterocycles. The van der Waals surface area contributed by atoms with Crippen molar-refractivity contribution in [2.45, 2.75) is 18.9 Å². The summed E-state index contributed by atoms with van der Waals surface area (Å²) < 4.78 is 18.0. The van der Waals surface area contributed by atoms with Crippen LogP contribution in [0.2, 0.25) is 0 Å². The Kier molecular flexibility index (Phi) is 4.41. The number of furan rings is 1. The van der Waals surface area contributed by atoms with Crippen molar-refractivity contribution in [3.8, 4) is 0 Å². The highest BCUT2D eigenvalue weighted by Gasteiger charge is 2.25. The molecule has 1 aliphatic rings. The van der Waals surface area contributed by atoms with Gasteiger partial charge in [-0.05, 0) is 49.2 Å². The summed E-state index contributed by atoms with van der Waals surface area (Å²) in [4.78, 5) is 26.0. The molecule has 1 aromatic carbocycles. The normalized spacial score (nSPS) is 15.4. The average molecular weight is 316 g/mol. The fraction of sp³-hybridized carbons (Fsp3) is 0.294. The molecule has 120 valence electrons. The molecule has 0 unspecified atom stereocenters. The molecular formula is C17H17FN2O3. The van der Waals surface area contributed by atoms with Gasteiger partial charge < -0.3 is 14.6 Å². The Bertz CT molecular complexity index is 674. The zero-order valence-corrected chi connectivity index (χ0v) is 12.5. The zero-order chi connectivity index (χ0) is 16.2. The second-order valence-corrected chi connectivity index (χ2v) is 5.52. The maximum absolute atomic E-state index is 12.9. The number of piperidine rings is 1. The van der Waals surface area contributed by atoms with Crippen LogP contribution in [0.5, 0.6) is 0 Å². The molecule has 0 atom stereocenters. The highest BCUT2D eigenvalue weighted by molar-refractivity contribution is 5.94. The van der Waals surface area contributed by atoms with Gasteiger partial charge in [0.05, 0.1) is 6.26 Å². The Morgan fingerprint density at radius 3 is 2.43 bits per heavy atom. The smallest absolute Gasteiger partial charge is 0.289 e. The summed E-state index contributed by atoms with van der Waals surface area (Å²) in [5.74, 6) is -0.385. The fourth-order valence-electron chi connectivity index (χ4n) is 2.65. The first-order valence-electron chi connectivity index (χ1n) is 7.52. The molecule has 5 nitrogen and oxygen atoms in total. The van der Waals surface area contributed by atoms with E-state index in [1.165, 1.54) is 30.5 Å². The molecule has 1 aromatic heterocycles. The SMILES string of the molecule is O=C(NC1CCN(C(=O)c2ccco2)CC1)c1ccc(F)cc1. The first-order chi connectivity index (χ1) is 11.1. The molecule has 1 aliphatic heterocycles. The molecule has 1 fully saturated rings. The van der Waals surface area contributed by atoms with E-state index in [1.807, 2.05) is 0 Å². The van der Waals surface area contributed by atoms with Crippen molar-refractivity contribution in [3.63, 3.8) is 0 Å². The van der Waals surface area contributed by atoms with Crippen molar-refractivity contribution in [2.75, 3.05) is 13.1 Å². The molecule has 2 aromatic rings. The summed E-state index contributed by atoms with van der Waals surface area (Å²) in [6, 6.07) is 8.78. The number of carbonyl (C=O) groups excluding carboxylic acids is 2. The van der Waals surface area contributed by atoms with E-state index < -0.39 is 0 Å². The number of halogens is 1. The van der Waals surface area contributed by atoms with Gasteiger partial charge in [-0.15, -0.1) is 0 Å². The van der Waals surface area contributed by atoms with Crippen LogP contribution in [0.25, 0.3) is 0 Å². The van der Waals surface area contributed by atoms with Crippen molar-refractivity contribution in [2.24, 2.45) is 0 Å². The monoisotopic (exact) mass is 316 g/mol. The highest BCUT2D eigenvalue weighted by Crippen LogP contribution is 2.15. The highest BCUT2D eigenvalue weighted by atomic mass is 19.1. The maximum Gasteiger partial charge on any atom is 0.289 e. The minimum Gasteiger partial charge on any atom is -0.459 e. The Balaban J connectivity index is 1.52. The molecular weight excluding hydrogens is 299 g/mol. The molecule has 23 heavy (non-hydrogen) atoms. The quantitative estimate of drug-likeness (QED) is 0.946. The number of benzene rings is 1. The average Bonchev–Trinajstić information content (AvgIpc) is 3.10. The third-order valence-corrected chi connectivity index (χ3v) is 3.96. The molecule has 2 heterocycles. The van der Waals surface area contributed by atoms with Crippen LogP contribution in [0.3, 0.4) is 0 Å². The van der Waals surface area contributed by atoms with E-state index in [4.69, 9.17) is 4.42 Å². The number of nitrogens with zero attached hydrogens (tertiary/aromatic N) is 1. The van der Waals surface area contributed by atoms with Crippen LogP contribution in [0, 0.1) is 5.82 Å². The largest absolute Gasteiger partial charge is 0.459 e. The minimum absolute atomic E-state index is 0.00760. The van der Waals surface area contributed by atoms with Gasteiger partial charge in [-0.2, -0.15) is 0 Å². The van der Waals surface area contributed by atoms with Gasteiger partial charge in [0.1, 0.15) is 5.82 Å². The van der Waals surface area contributed by atoms with E-state index in [2.05, 4.69) is 5.32 Å². The van der Waals surface area contributed by atoms with E-state index in [0.29, 0.717) is 37.3 Å². The van der Waals surface area contributed by atoms with Gasteiger partial charge in [-0.25, -0.2) is 4.39 Å². The number of carbonyl (C=O) groups is 2. The molecule has 0 radical (unpaired) electrons. The standard InChI is InChI=1S/C17H17FN2O3/c18-13-5-3-12(4-6-13)16(21)19-14-7-9-20(10-8-14)17(22)15-2-1-11-23-15/h1-6,11,14H,7-10H2,(H,19,21). The lowest BCUT2D eigenvalue weighted by molar-refractivity contribution is 0.0667. The summed E-state index contributed by atoms with van der Waals surface area (Å²) >= 11 is 0. The van der Waals surface area contributed by atoms with E-state index in [-0.39, 0.29) is 23.7 Å². The van der Waals surface area contributed by atoms with E-state index in [9.17, 15) is 14.0 Å². The Morgan fingerprint density at radius 1 is 1.13 bits per heavy atom. The Hall–Kier alpha value is -2.63. The van der Waals surface area contributed by atoms with E-state index in [0.717, 1.165) is 0 Å². The topological polar surface area (TPSA) is 62.6 Å². The van der Waals surface area contributed by atoms with Gasteiger partial charge in [0.25, 0.3) is 11.8 Å². The molecule has 0 bridgehead atoms. The molecule has 1 N–H and O–H groups in total. The predicted octanol–water partition coefficient (Wildman–Crippen LogP) is 2.45. The van der Waals surface area contributed by atoms with Gasteiger partial charge in [0, 0.05) is 24.7 Å². The van der Waals surface area contributed by atoms with Crippen LogP contribution in [0.4, 0.5) is 4.39 Å². The molecule has 0 spiro atoms. The molecule has 0 saturated carbocycles. The van der Waals surface area contributed by atoms with Crippen molar-refractivity contribution >= 4 is 11.8 Å². The van der Waals surface area contributed by atoms with Crippen LogP contribution < -0.4 is 5.32 Å². The zero-order valence-electron chi connectivity index (χ0n) is 12.5. The molecule has 6 heteroatoms. The number of amides is 2. The van der Waals surface area contributed by atoms with Crippen LogP contribution >= 0.6 is 0 Å². The summed E-state index contributed by atoms with van der Waals surface area (Å²) in [7, 11) is 0. The predicted molar refractivity (Wildman–Crippen MR) is 81.5 cm³/mol. The number of rotatable bonds is 3. The first kappa shape index (κ1) is 15.3. The number of hydrogen-bond acceptors (Lipinski definition) is 3. The van der Waals surface area contributed by atoms with Crippen LogP contribution in [0.1, 0.15) is 33.8 Å². The van der Waals surface area contributed by atoms with Crippen molar-refractivity contribution in [1.82, 2.24) is 10.2 Å². The van der Waals surface area contributed by atoms with Gasteiger partial charge >= 0.3 is 0 Å². The Morgan fingerprint density at radius 2 is 1.83 bits per heavy atom.